The third-order valence-electron chi connectivity index (χ3n) is 2.96. The highest BCUT2D eigenvalue weighted by Crippen LogP contribution is 2.21. The van der Waals surface area contributed by atoms with Crippen LogP contribution in [0.15, 0.2) is 45.7 Å². The van der Waals surface area contributed by atoms with Gasteiger partial charge in [0.2, 0.25) is 0 Å². The number of hydrogen-bond donors (Lipinski definition) is 1. The maximum Gasteiger partial charge on any atom is 0.255 e. The van der Waals surface area contributed by atoms with Crippen molar-refractivity contribution in [1.82, 2.24) is 4.57 Å². The van der Waals surface area contributed by atoms with Crippen molar-refractivity contribution in [2.45, 2.75) is 13.0 Å². The summed E-state index contributed by atoms with van der Waals surface area (Å²) in [5.74, 6) is 0. The van der Waals surface area contributed by atoms with Crippen molar-refractivity contribution in [3.05, 3.63) is 56.8 Å². The highest BCUT2D eigenvalue weighted by Gasteiger charge is 2.10. The quantitative estimate of drug-likeness (QED) is 0.927. The summed E-state index contributed by atoms with van der Waals surface area (Å²) in [6, 6.07) is 11.4. The van der Waals surface area contributed by atoms with Gasteiger partial charge in [-0.2, -0.15) is 0 Å². The fourth-order valence-corrected chi connectivity index (χ4v) is 2.18. The molecule has 1 unspecified atom stereocenters. The van der Waals surface area contributed by atoms with E-state index in [-0.39, 0.29) is 11.6 Å². The average molecular weight is 307 g/mol. The van der Waals surface area contributed by atoms with Crippen LogP contribution >= 0.6 is 15.9 Å². The van der Waals surface area contributed by atoms with Crippen molar-refractivity contribution in [2.75, 3.05) is 0 Å². The highest BCUT2D eigenvalue weighted by molar-refractivity contribution is 9.10. The second kappa shape index (κ2) is 5.08. The van der Waals surface area contributed by atoms with Crippen LogP contribution in [0.2, 0.25) is 0 Å². The largest absolute Gasteiger partial charge is 0.324 e. The van der Waals surface area contributed by atoms with Gasteiger partial charge in [-0.1, -0.05) is 28.1 Å². The van der Waals surface area contributed by atoms with Crippen molar-refractivity contribution in [3.63, 3.8) is 0 Å². The smallest absolute Gasteiger partial charge is 0.255 e. The van der Waals surface area contributed by atoms with Gasteiger partial charge in [0.05, 0.1) is 5.69 Å². The Morgan fingerprint density at radius 2 is 1.78 bits per heavy atom. The van der Waals surface area contributed by atoms with Crippen molar-refractivity contribution in [3.8, 4) is 11.3 Å². The molecule has 0 aliphatic carbocycles. The van der Waals surface area contributed by atoms with E-state index < -0.39 is 0 Å². The number of pyridine rings is 1. The van der Waals surface area contributed by atoms with Crippen molar-refractivity contribution in [1.29, 1.82) is 0 Å². The molecule has 0 saturated heterocycles. The fourth-order valence-electron chi connectivity index (χ4n) is 1.91. The normalized spacial score (nSPS) is 12.4. The number of benzene rings is 1. The minimum Gasteiger partial charge on any atom is -0.324 e. The number of nitrogens with zero attached hydrogens (tertiary/aromatic N) is 1. The minimum absolute atomic E-state index is 0.0366. The molecule has 1 atom stereocenters. The van der Waals surface area contributed by atoms with E-state index in [2.05, 4.69) is 15.9 Å². The molecule has 0 amide bonds. The van der Waals surface area contributed by atoms with Gasteiger partial charge in [0.1, 0.15) is 0 Å². The SMILES string of the molecule is CC(N)c1ccc(-c2ccc(Br)cc2)n(C)c1=O. The summed E-state index contributed by atoms with van der Waals surface area (Å²) in [7, 11) is 1.77. The zero-order chi connectivity index (χ0) is 13.3. The third kappa shape index (κ3) is 2.40. The van der Waals surface area contributed by atoms with Crippen LogP contribution in [0.4, 0.5) is 0 Å². The molecule has 0 aliphatic heterocycles. The maximum absolute atomic E-state index is 12.1. The highest BCUT2D eigenvalue weighted by atomic mass is 79.9. The van der Waals surface area contributed by atoms with E-state index in [0.29, 0.717) is 5.56 Å². The summed E-state index contributed by atoms with van der Waals surface area (Å²) in [6.45, 7) is 1.82. The van der Waals surface area contributed by atoms with E-state index in [9.17, 15) is 4.79 Å². The molecule has 2 aromatic rings. The van der Waals surface area contributed by atoms with Gasteiger partial charge in [-0.25, -0.2) is 0 Å². The maximum atomic E-state index is 12.1. The zero-order valence-electron chi connectivity index (χ0n) is 10.4. The molecule has 1 aromatic heterocycles. The van der Waals surface area contributed by atoms with Gasteiger partial charge in [-0.15, -0.1) is 0 Å². The van der Waals surface area contributed by atoms with Gasteiger partial charge in [-0.05, 0) is 36.8 Å². The lowest BCUT2D eigenvalue weighted by Crippen LogP contribution is -2.26. The Morgan fingerprint density at radius 3 is 2.33 bits per heavy atom. The average Bonchev–Trinajstić information content (AvgIpc) is 2.33. The van der Waals surface area contributed by atoms with E-state index in [1.54, 1.807) is 11.6 Å². The first-order valence-corrected chi connectivity index (χ1v) is 6.51. The monoisotopic (exact) mass is 306 g/mol. The Hall–Kier alpha value is -1.39. The molecule has 0 aliphatic rings. The lowest BCUT2D eigenvalue weighted by molar-refractivity contribution is 0.760. The van der Waals surface area contributed by atoms with Gasteiger partial charge in [0.15, 0.2) is 0 Å². The standard InChI is InChI=1S/C14H15BrN2O/c1-9(16)12-7-8-13(17(2)14(12)18)10-3-5-11(15)6-4-10/h3-9H,16H2,1-2H3. The van der Waals surface area contributed by atoms with Crippen LogP contribution in [0.5, 0.6) is 0 Å². The Morgan fingerprint density at radius 1 is 1.17 bits per heavy atom. The van der Waals surface area contributed by atoms with Crippen molar-refractivity contribution in [2.24, 2.45) is 12.8 Å². The van der Waals surface area contributed by atoms with Crippen LogP contribution in [0, 0.1) is 0 Å². The molecule has 0 spiro atoms. The van der Waals surface area contributed by atoms with E-state index in [1.807, 2.05) is 43.3 Å². The number of hydrogen-bond acceptors (Lipinski definition) is 2. The molecule has 4 heteroatoms. The topological polar surface area (TPSA) is 48.0 Å². The molecule has 0 bridgehead atoms. The minimum atomic E-state index is -0.248. The summed E-state index contributed by atoms with van der Waals surface area (Å²) >= 11 is 3.40. The summed E-state index contributed by atoms with van der Waals surface area (Å²) < 4.78 is 2.66. The Bertz CT molecular complexity index is 615. The molecule has 0 saturated carbocycles. The van der Waals surface area contributed by atoms with E-state index >= 15 is 0 Å². The van der Waals surface area contributed by atoms with Crippen molar-refractivity contribution < 1.29 is 0 Å². The molecule has 3 nitrogen and oxygen atoms in total. The van der Waals surface area contributed by atoms with Crippen LogP contribution in [-0.2, 0) is 7.05 Å². The summed E-state index contributed by atoms with van der Waals surface area (Å²) in [6.07, 6.45) is 0. The molecule has 2 rings (SSSR count). The first-order valence-electron chi connectivity index (χ1n) is 5.72. The molecule has 18 heavy (non-hydrogen) atoms. The number of aromatic nitrogens is 1. The Kier molecular flexibility index (Phi) is 3.68. The molecule has 94 valence electrons. The lowest BCUT2D eigenvalue weighted by Gasteiger charge is -2.12. The second-order valence-corrected chi connectivity index (χ2v) is 5.25. The van der Waals surface area contributed by atoms with Gasteiger partial charge in [-0.3, -0.25) is 4.79 Å². The first-order chi connectivity index (χ1) is 8.50. The molecular formula is C14H15BrN2O. The number of nitrogens with two attached hydrogens (primary N) is 1. The predicted molar refractivity (Wildman–Crippen MR) is 77.4 cm³/mol. The van der Waals surface area contributed by atoms with E-state index in [4.69, 9.17) is 5.73 Å². The first kappa shape index (κ1) is 13.1. The summed E-state index contributed by atoms with van der Waals surface area (Å²) in [5.41, 5.74) is 8.27. The fraction of sp³-hybridized carbons (Fsp3) is 0.214. The molecule has 1 aromatic carbocycles. The van der Waals surface area contributed by atoms with Gasteiger partial charge in [0.25, 0.3) is 5.56 Å². The number of halogens is 1. The molecular weight excluding hydrogens is 292 g/mol. The van der Waals surface area contributed by atoms with Gasteiger partial charge >= 0.3 is 0 Å². The Labute approximate surface area is 114 Å². The molecule has 1 heterocycles. The number of rotatable bonds is 2. The second-order valence-electron chi connectivity index (χ2n) is 4.33. The van der Waals surface area contributed by atoms with Crippen LogP contribution in [0.25, 0.3) is 11.3 Å². The predicted octanol–water partition coefficient (Wildman–Crippen LogP) is 2.83. The molecule has 0 radical (unpaired) electrons. The summed E-state index contributed by atoms with van der Waals surface area (Å²) in [5, 5.41) is 0. The lowest BCUT2D eigenvalue weighted by atomic mass is 10.1. The summed E-state index contributed by atoms with van der Waals surface area (Å²) in [4.78, 5) is 12.1. The third-order valence-corrected chi connectivity index (χ3v) is 3.49. The van der Waals surface area contributed by atoms with E-state index in [0.717, 1.165) is 15.7 Å². The van der Waals surface area contributed by atoms with Crippen LogP contribution < -0.4 is 11.3 Å². The van der Waals surface area contributed by atoms with Crippen LogP contribution in [0.3, 0.4) is 0 Å². The van der Waals surface area contributed by atoms with Crippen LogP contribution in [-0.4, -0.2) is 4.57 Å². The Balaban J connectivity index is 2.57. The van der Waals surface area contributed by atoms with E-state index in [1.165, 1.54) is 0 Å². The van der Waals surface area contributed by atoms with Crippen LogP contribution in [0.1, 0.15) is 18.5 Å². The zero-order valence-corrected chi connectivity index (χ0v) is 11.9. The van der Waals surface area contributed by atoms with Gasteiger partial charge in [0, 0.05) is 23.1 Å². The van der Waals surface area contributed by atoms with Crippen molar-refractivity contribution >= 4 is 15.9 Å². The molecule has 0 fully saturated rings. The molecule has 2 N–H and O–H groups in total. The van der Waals surface area contributed by atoms with Gasteiger partial charge < -0.3 is 10.3 Å².